The van der Waals surface area contributed by atoms with E-state index in [9.17, 15) is 13.2 Å². The van der Waals surface area contributed by atoms with Crippen LogP contribution in [0.15, 0.2) is 41.3 Å². The molecule has 0 saturated heterocycles. The van der Waals surface area contributed by atoms with Crippen LogP contribution < -0.4 is 19.5 Å². The molecule has 0 aliphatic rings. The molecule has 11 heteroatoms. The van der Waals surface area contributed by atoms with Gasteiger partial charge in [0.05, 0.1) is 36.4 Å². The zero-order valence-electron chi connectivity index (χ0n) is 21.4. The number of ether oxygens (including phenoxy) is 3. The summed E-state index contributed by atoms with van der Waals surface area (Å²) < 4.78 is 44.5. The Morgan fingerprint density at radius 1 is 1.00 bits per heavy atom. The average Bonchev–Trinajstić information content (AvgIpc) is 3.22. The second-order valence-electron chi connectivity index (χ2n) is 8.45. The SMILES string of the molecule is COc1cc(C=CC(=O)Nc2nc3ccc(S(=O)(=O)N(C(C)C)C(C)C)cc3s2)cc(OC)c1OC. The van der Waals surface area contributed by atoms with Gasteiger partial charge in [0.15, 0.2) is 16.6 Å². The lowest BCUT2D eigenvalue weighted by atomic mass is 10.1. The molecule has 0 aliphatic heterocycles. The van der Waals surface area contributed by atoms with Gasteiger partial charge in [0.25, 0.3) is 0 Å². The van der Waals surface area contributed by atoms with Crippen molar-refractivity contribution in [1.29, 1.82) is 0 Å². The number of carbonyl (C=O) groups excluding carboxylic acids is 1. The van der Waals surface area contributed by atoms with E-state index in [0.717, 1.165) is 0 Å². The van der Waals surface area contributed by atoms with Crippen molar-refractivity contribution < 1.29 is 27.4 Å². The van der Waals surface area contributed by atoms with Crippen LogP contribution in [0.4, 0.5) is 5.13 Å². The first-order valence-electron chi connectivity index (χ1n) is 11.2. The molecule has 1 amide bonds. The van der Waals surface area contributed by atoms with Crippen LogP contribution in [0.5, 0.6) is 17.2 Å². The molecule has 0 bridgehead atoms. The Kier molecular flexibility index (Phi) is 8.59. The van der Waals surface area contributed by atoms with Crippen molar-refractivity contribution in [3.8, 4) is 17.2 Å². The van der Waals surface area contributed by atoms with Crippen LogP contribution >= 0.6 is 11.3 Å². The van der Waals surface area contributed by atoms with Crippen LogP contribution in [0.3, 0.4) is 0 Å². The fraction of sp³-hybridized carbons (Fsp3) is 0.360. The summed E-state index contributed by atoms with van der Waals surface area (Å²) in [7, 11) is 0.878. The van der Waals surface area contributed by atoms with Crippen molar-refractivity contribution >= 4 is 48.7 Å². The first-order valence-corrected chi connectivity index (χ1v) is 13.5. The first kappa shape index (κ1) is 27.4. The number of anilines is 1. The topological polar surface area (TPSA) is 107 Å². The minimum Gasteiger partial charge on any atom is -0.493 e. The molecule has 3 rings (SSSR count). The molecule has 9 nitrogen and oxygen atoms in total. The maximum atomic E-state index is 13.2. The average molecular weight is 534 g/mol. The van der Waals surface area contributed by atoms with E-state index in [2.05, 4.69) is 10.3 Å². The van der Waals surface area contributed by atoms with Gasteiger partial charge in [-0.1, -0.05) is 11.3 Å². The summed E-state index contributed by atoms with van der Waals surface area (Å²) in [6.07, 6.45) is 2.98. The van der Waals surface area contributed by atoms with E-state index in [1.807, 2.05) is 27.7 Å². The molecule has 1 N–H and O–H groups in total. The van der Waals surface area contributed by atoms with Gasteiger partial charge in [-0.3, -0.25) is 10.1 Å². The molecular formula is C25H31N3O6S2. The van der Waals surface area contributed by atoms with E-state index in [1.54, 1.807) is 36.4 Å². The van der Waals surface area contributed by atoms with Crippen molar-refractivity contribution in [2.24, 2.45) is 0 Å². The molecule has 36 heavy (non-hydrogen) atoms. The molecule has 194 valence electrons. The fourth-order valence-electron chi connectivity index (χ4n) is 3.91. The van der Waals surface area contributed by atoms with Crippen molar-refractivity contribution in [1.82, 2.24) is 9.29 Å². The summed E-state index contributed by atoms with van der Waals surface area (Å²) in [5.41, 5.74) is 1.28. The van der Waals surface area contributed by atoms with Crippen molar-refractivity contribution in [3.05, 3.63) is 42.0 Å². The van der Waals surface area contributed by atoms with Gasteiger partial charge in [-0.2, -0.15) is 4.31 Å². The predicted octanol–water partition coefficient (Wildman–Crippen LogP) is 4.78. The third-order valence-corrected chi connectivity index (χ3v) is 8.48. The standard InChI is InChI=1S/C25H31N3O6S2/c1-15(2)28(16(3)4)36(30,31)18-9-10-19-22(14-18)35-25(26-19)27-23(29)11-8-17-12-20(32-5)24(34-7)21(13-17)33-6/h8-16H,1-7H3,(H,26,27,29). The highest BCUT2D eigenvalue weighted by Crippen LogP contribution is 2.38. The lowest BCUT2D eigenvalue weighted by molar-refractivity contribution is -0.111. The Hall–Kier alpha value is -3.15. The first-order chi connectivity index (χ1) is 17.0. The number of aromatic nitrogens is 1. The molecule has 1 heterocycles. The number of nitrogens with zero attached hydrogens (tertiary/aromatic N) is 2. The molecule has 0 aliphatic carbocycles. The number of carbonyl (C=O) groups is 1. The van der Waals surface area contributed by atoms with E-state index in [-0.39, 0.29) is 22.9 Å². The second-order valence-corrected chi connectivity index (χ2v) is 11.3. The summed E-state index contributed by atoms with van der Waals surface area (Å²) in [6.45, 7) is 7.40. The maximum absolute atomic E-state index is 13.2. The molecule has 0 fully saturated rings. The van der Waals surface area contributed by atoms with E-state index in [1.165, 1.54) is 43.0 Å². The Morgan fingerprint density at radius 2 is 1.61 bits per heavy atom. The van der Waals surface area contributed by atoms with Crippen LogP contribution in [0.25, 0.3) is 16.3 Å². The third kappa shape index (κ3) is 5.80. The van der Waals surface area contributed by atoms with E-state index >= 15 is 0 Å². The molecular weight excluding hydrogens is 502 g/mol. The molecule has 0 atom stereocenters. The highest BCUT2D eigenvalue weighted by atomic mass is 32.2. The van der Waals surface area contributed by atoms with Gasteiger partial charge in [-0.05, 0) is 69.7 Å². The number of methoxy groups -OCH3 is 3. The molecule has 0 saturated carbocycles. The Labute approximate surface area is 215 Å². The van der Waals surface area contributed by atoms with Crippen LogP contribution in [-0.4, -0.2) is 57.0 Å². The summed E-state index contributed by atoms with van der Waals surface area (Å²) in [5, 5.41) is 3.10. The highest BCUT2D eigenvalue weighted by Gasteiger charge is 2.29. The van der Waals surface area contributed by atoms with Gasteiger partial charge < -0.3 is 14.2 Å². The Bertz CT molecular complexity index is 1350. The lowest BCUT2D eigenvalue weighted by Crippen LogP contribution is -2.41. The van der Waals surface area contributed by atoms with Crippen molar-refractivity contribution in [2.45, 2.75) is 44.7 Å². The number of rotatable bonds is 10. The monoisotopic (exact) mass is 533 g/mol. The molecule has 1 aromatic heterocycles. The Balaban J connectivity index is 1.82. The minimum absolute atomic E-state index is 0.181. The number of hydrogen-bond acceptors (Lipinski definition) is 8. The zero-order chi connectivity index (χ0) is 26.6. The van der Waals surface area contributed by atoms with Crippen LogP contribution in [0.1, 0.15) is 33.3 Å². The van der Waals surface area contributed by atoms with Crippen LogP contribution in [0, 0.1) is 0 Å². The molecule has 2 aromatic carbocycles. The van der Waals surface area contributed by atoms with E-state index in [4.69, 9.17) is 14.2 Å². The normalized spacial score (nSPS) is 12.2. The van der Waals surface area contributed by atoms with Crippen LogP contribution in [0.2, 0.25) is 0 Å². The van der Waals surface area contributed by atoms with Gasteiger partial charge >= 0.3 is 0 Å². The molecule has 3 aromatic rings. The maximum Gasteiger partial charge on any atom is 0.250 e. The number of sulfonamides is 1. The fourth-order valence-corrected chi connectivity index (χ4v) is 6.75. The van der Waals surface area contributed by atoms with Crippen molar-refractivity contribution in [3.63, 3.8) is 0 Å². The van der Waals surface area contributed by atoms with Gasteiger partial charge in [-0.25, -0.2) is 13.4 Å². The number of benzene rings is 2. The number of amides is 1. The Morgan fingerprint density at radius 3 is 2.14 bits per heavy atom. The third-order valence-electron chi connectivity index (χ3n) is 5.30. The molecule has 0 spiro atoms. The summed E-state index contributed by atoms with van der Waals surface area (Å²) in [4.78, 5) is 17.1. The minimum atomic E-state index is -3.68. The predicted molar refractivity (Wildman–Crippen MR) is 143 cm³/mol. The summed E-state index contributed by atoms with van der Waals surface area (Å²) in [6, 6.07) is 7.88. The van der Waals surface area contributed by atoms with Gasteiger partial charge in [-0.15, -0.1) is 0 Å². The van der Waals surface area contributed by atoms with Gasteiger partial charge in [0.1, 0.15) is 0 Å². The highest BCUT2D eigenvalue weighted by molar-refractivity contribution is 7.89. The van der Waals surface area contributed by atoms with Crippen molar-refractivity contribution in [2.75, 3.05) is 26.6 Å². The number of nitrogens with one attached hydrogen (secondary N) is 1. The van der Waals surface area contributed by atoms with E-state index < -0.39 is 10.0 Å². The largest absolute Gasteiger partial charge is 0.493 e. The molecule has 0 unspecified atom stereocenters. The zero-order valence-corrected chi connectivity index (χ0v) is 23.0. The summed E-state index contributed by atoms with van der Waals surface area (Å²) >= 11 is 1.21. The van der Waals surface area contributed by atoms with Gasteiger partial charge in [0, 0.05) is 18.2 Å². The van der Waals surface area contributed by atoms with Gasteiger partial charge in [0.2, 0.25) is 21.7 Å². The quantitative estimate of drug-likeness (QED) is 0.374. The second kappa shape index (κ2) is 11.3. The number of thiazole rings is 1. The number of hydrogen-bond donors (Lipinski definition) is 1. The smallest absolute Gasteiger partial charge is 0.250 e. The van der Waals surface area contributed by atoms with Crippen LogP contribution in [-0.2, 0) is 14.8 Å². The molecule has 0 radical (unpaired) electrons. The summed E-state index contributed by atoms with van der Waals surface area (Å²) in [5.74, 6) is 1.02. The number of fused-ring (bicyclic) bond motifs is 1. The lowest BCUT2D eigenvalue weighted by Gasteiger charge is -2.29. The van der Waals surface area contributed by atoms with E-state index in [0.29, 0.717) is 38.2 Å².